The molecule has 0 aliphatic rings. The van der Waals surface area contributed by atoms with E-state index < -0.39 is 0 Å². The van der Waals surface area contributed by atoms with Gasteiger partial charge in [-0.25, -0.2) is 4.98 Å². The molecule has 0 atom stereocenters. The largest absolute Gasteiger partial charge is 0.396 e. The molecule has 0 unspecified atom stereocenters. The van der Waals surface area contributed by atoms with Crippen molar-refractivity contribution in [2.45, 2.75) is 26.7 Å². The zero-order chi connectivity index (χ0) is 12.3. The summed E-state index contributed by atoms with van der Waals surface area (Å²) in [6.45, 7) is 4.39. The van der Waals surface area contributed by atoms with Crippen LogP contribution in [0.1, 0.15) is 22.7 Å². The number of hydrogen-bond acceptors (Lipinski definition) is 3. The molecule has 1 aromatic carbocycles. The average molecular weight is 247 g/mol. The summed E-state index contributed by atoms with van der Waals surface area (Å²) in [7, 11) is 0. The summed E-state index contributed by atoms with van der Waals surface area (Å²) in [5, 5.41) is 9.95. The van der Waals surface area contributed by atoms with Gasteiger partial charge in [-0.05, 0) is 25.8 Å². The Labute approximate surface area is 106 Å². The Bertz CT molecular complexity index is 505. The van der Waals surface area contributed by atoms with E-state index in [0.717, 1.165) is 23.5 Å². The minimum atomic E-state index is 0.235. The van der Waals surface area contributed by atoms with E-state index in [1.54, 1.807) is 11.3 Å². The monoisotopic (exact) mass is 247 g/mol. The van der Waals surface area contributed by atoms with Crippen LogP contribution in [0.5, 0.6) is 0 Å². The lowest BCUT2D eigenvalue weighted by molar-refractivity contribution is 0.288. The molecule has 2 rings (SSSR count). The highest BCUT2D eigenvalue weighted by Crippen LogP contribution is 2.30. The highest BCUT2D eigenvalue weighted by atomic mass is 32.1. The third-order valence-electron chi connectivity index (χ3n) is 2.67. The molecule has 0 amide bonds. The number of aryl methyl sites for hydroxylation is 3. The summed E-state index contributed by atoms with van der Waals surface area (Å²) < 4.78 is 0. The van der Waals surface area contributed by atoms with Crippen LogP contribution < -0.4 is 0 Å². The van der Waals surface area contributed by atoms with Crippen LogP contribution in [0.25, 0.3) is 10.4 Å². The van der Waals surface area contributed by atoms with Crippen molar-refractivity contribution in [3.8, 4) is 10.4 Å². The number of nitrogens with zero attached hydrogens (tertiary/aromatic N) is 1. The third kappa shape index (κ3) is 2.93. The molecule has 0 aliphatic carbocycles. The molecule has 0 radical (unpaired) electrons. The zero-order valence-electron chi connectivity index (χ0n) is 10.2. The first-order valence-corrected chi connectivity index (χ1v) is 6.66. The van der Waals surface area contributed by atoms with Crippen molar-refractivity contribution >= 4 is 11.3 Å². The molecule has 90 valence electrons. The van der Waals surface area contributed by atoms with Crippen LogP contribution >= 0.6 is 11.3 Å². The first-order valence-electron chi connectivity index (χ1n) is 5.85. The van der Waals surface area contributed by atoms with Crippen molar-refractivity contribution in [3.05, 3.63) is 40.5 Å². The normalized spacial score (nSPS) is 10.8. The van der Waals surface area contributed by atoms with E-state index in [4.69, 9.17) is 5.11 Å². The predicted octanol–water partition coefficient (Wildman–Crippen LogP) is 3.35. The molecule has 1 heterocycles. The maximum atomic E-state index is 8.83. The Morgan fingerprint density at radius 3 is 2.82 bits per heavy atom. The quantitative estimate of drug-likeness (QED) is 0.898. The second-order valence-electron chi connectivity index (χ2n) is 4.22. The topological polar surface area (TPSA) is 33.1 Å². The van der Waals surface area contributed by atoms with Crippen LogP contribution in [-0.2, 0) is 6.42 Å². The number of benzene rings is 1. The van der Waals surface area contributed by atoms with Crippen molar-refractivity contribution < 1.29 is 5.11 Å². The maximum absolute atomic E-state index is 8.83. The molecule has 2 aromatic rings. The molecular weight excluding hydrogens is 230 g/mol. The van der Waals surface area contributed by atoms with Crippen molar-refractivity contribution in [3.63, 3.8) is 0 Å². The summed E-state index contributed by atoms with van der Waals surface area (Å²) in [6.07, 6.45) is 1.66. The van der Waals surface area contributed by atoms with E-state index >= 15 is 0 Å². The van der Waals surface area contributed by atoms with Crippen LogP contribution in [-0.4, -0.2) is 16.7 Å². The first-order chi connectivity index (χ1) is 8.20. The lowest BCUT2D eigenvalue weighted by Crippen LogP contribution is -1.87. The van der Waals surface area contributed by atoms with E-state index in [1.807, 2.05) is 0 Å². The van der Waals surface area contributed by atoms with Crippen molar-refractivity contribution in [1.29, 1.82) is 0 Å². The molecule has 0 bridgehead atoms. The van der Waals surface area contributed by atoms with Gasteiger partial charge in [0.15, 0.2) is 0 Å². The zero-order valence-corrected chi connectivity index (χ0v) is 11.0. The molecule has 3 heteroatoms. The van der Waals surface area contributed by atoms with Gasteiger partial charge >= 0.3 is 0 Å². The van der Waals surface area contributed by atoms with Crippen LogP contribution in [0.4, 0.5) is 0 Å². The van der Waals surface area contributed by atoms with Crippen LogP contribution in [0, 0.1) is 13.8 Å². The van der Waals surface area contributed by atoms with Crippen molar-refractivity contribution in [2.75, 3.05) is 6.61 Å². The van der Waals surface area contributed by atoms with Gasteiger partial charge in [0.2, 0.25) is 0 Å². The summed E-state index contributed by atoms with van der Waals surface area (Å²) in [5.74, 6) is 0. The van der Waals surface area contributed by atoms with E-state index in [-0.39, 0.29) is 6.61 Å². The number of hydrogen-bond donors (Lipinski definition) is 1. The Balaban J connectivity index is 2.29. The van der Waals surface area contributed by atoms with Crippen LogP contribution in [0.3, 0.4) is 0 Å². The van der Waals surface area contributed by atoms with Gasteiger partial charge in [0.25, 0.3) is 0 Å². The second-order valence-corrected chi connectivity index (χ2v) is 5.30. The van der Waals surface area contributed by atoms with Crippen molar-refractivity contribution in [1.82, 2.24) is 4.98 Å². The fourth-order valence-electron chi connectivity index (χ4n) is 1.84. The summed E-state index contributed by atoms with van der Waals surface area (Å²) >= 11 is 1.74. The Hall–Kier alpha value is -1.19. The van der Waals surface area contributed by atoms with Gasteiger partial charge in [-0.3, -0.25) is 0 Å². The van der Waals surface area contributed by atoms with E-state index in [9.17, 15) is 0 Å². The molecule has 17 heavy (non-hydrogen) atoms. The molecule has 0 saturated heterocycles. The Morgan fingerprint density at radius 1 is 1.29 bits per heavy atom. The van der Waals surface area contributed by atoms with E-state index in [0.29, 0.717) is 0 Å². The van der Waals surface area contributed by atoms with Gasteiger partial charge < -0.3 is 5.11 Å². The van der Waals surface area contributed by atoms with Crippen LogP contribution in [0.15, 0.2) is 24.3 Å². The molecule has 0 saturated carbocycles. The Kier molecular flexibility index (Phi) is 3.92. The van der Waals surface area contributed by atoms with Gasteiger partial charge in [-0.15, -0.1) is 11.3 Å². The summed E-state index contributed by atoms with van der Waals surface area (Å²) in [5.41, 5.74) is 3.61. The smallest absolute Gasteiger partial charge is 0.0935 e. The molecule has 1 aromatic heterocycles. The predicted molar refractivity (Wildman–Crippen MR) is 72.4 cm³/mol. The van der Waals surface area contributed by atoms with Gasteiger partial charge in [-0.1, -0.05) is 29.8 Å². The first kappa shape index (κ1) is 12.3. The SMILES string of the molecule is Cc1cccc(-c2sc(CCCO)nc2C)c1. The highest BCUT2D eigenvalue weighted by molar-refractivity contribution is 7.15. The minimum absolute atomic E-state index is 0.235. The standard InChI is InChI=1S/C14H17NOS/c1-10-5-3-6-12(9-10)14-11(2)15-13(17-14)7-4-8-16/h3,5-6,9,16H,4,7-8H2,1-2H3. The summed E-state index contributed by atoms with van der Waals surface area (Å²) in [6, 6.07) is 8.50. The molecule has 0 aliphatic heterocycles. The fraction of sp³-hybridized carbons (Fsp3) is 0.357. The number of aliphatic hydroxyl groups is 1. The van der Waals surface area contributed by atoms with Gasteiger partial charge in [0, 0.05) is 13.0 Å². The van der Waals surface area contributed by atoms with Gasteiger partial charge in [0.05, 0.1) is 15.6 Å². The fourth-order valence-corrected chi connectivity index (χ4v) is 2.95. The average Bonchev–Trinajstić information content (AvgIpc) is 2.68. The molecular formula is C14H17NOS. The van der Waals surface area contributed by atoms with Crippen molar-refractivity contribution in [2.24, 2.45) is 0 Å². The lowest BCUT2D eigenvalue weighted by Gasteiger charge is -1.99. The lowest BCUT2D eigenvalue weighted by atomic mass is 10.1. The van der Waals surface area contributed by atoms with Crippen LogP contribution in [0.2, 0.25) is 0 Å². The maximum Gasteiger partial charge on any atom is 0.0935 e. The Morgan fingerprint density at radius 2 is 2.12 bits per heavy atom. The van der Waals surface area contributed by atoms with E-state index in [2.05, 4.69) is 43.1 Å². The number of thiazole rings is 1. The summed E-state index contributed by atoms with van der Waals surface area (Å²) in [4.78, 5) is 5.81. The minimum Gasteiger partial charge on any atom is -0.396 e. The highest BCUT2D eigenvalue weighted by Gasteiger charge is 2.09. The number of aliphatic hydroxyl groups excluding tert-OH is 1. The molecule has 1 N–H and O–H groups in total. The molecule has 0 spiro atoms. The number of rotatable bonds is 4. The van der Waals surface area contributed by atoms with E-state index in [1.165, 1.54) is 16.0 Å². The number of aromatic nitrogens is 1. The second kappa shape index (κ2) is 5.43. The molecule has 2 nitrogen and oxygen atoms in total. The molecule has 0 fully saturated rings. The third-order valence-corrected chi connectivity index (χ3v) is 3.94. The van der Waals surface area contributed by atoms with Gasteiger partial charge in [-0.2, -0.15) is 0 Å². The van der Waals surface area contributed by atoms with Gasteiger partial charge in [0.1, 0.15) is 0 Å².